The maximum absolute atomic E-state index is 5.50. The zero-order chi connectivity index (χ0) is 23.6. The highest BCUT2D eigenvalue weighted by atomic mass is 15.0. The Morgan fingerprint density at radius 2 is 1.39 bits per heavy atom. The number of nitrogens with one attached hydrogen (secondary N) is 5. The van der Waals surface area contributed by atoms with Crippen molar-refractivity contribution in [2.45, 2.75) is 46.1 Å². The molecular weight excluding hydrogens is 408 g/mol. The van der Waals surface area contributed by atoms with Crippen LogP contribution in [-0.4, -0.2) is 52.5 Å². The quantitative estimate of drug-likeness (QED) is 0.144. The predicted molar refractivity (Wildman–Crippen MR) is 144 cm³/mol. The number of nitrogens with two attached hydrogens (primary N) is 1. The standard InChI is InChI=1S/C27H46N6/c1-3-12-31-22-32-16-6-17-33-27-19-23(2)18-26(20-27)25-9-7-24(8-10-25)21-30-15-5-14-29-13-4-11-28/h7-10,18-20,29-33H,3-6,11-17,21-22,28H2,1-2H3. The van der Waals surface area contributed by atoms with Gasteiger partial charge in [-0.05, 0) is 106 Å². The van der Waals surface area contributed by atoms with Crippen molar-refractivity contribution in [3.05, 3.63) is 53.6 Å². The molecule has 0 amide bonds. The summed E-state index contributed by atoms with van der Waals surface area (Å²) in [6.07, 6.45) is 4.45. The van der Waals surface area contributed by atoms with Crippen LogP contribution in [0.1, 0.15) is 43.7 Å². The van der Waals surface area contributed by atoms with E-state index >= 15 is 0 Å². The lowest BCUT2D eigenvalue weighted by Gasteiger charge is -2.12. The van der Waals surface area contributed by atoms with Gasteiger partial charge in [0.05, 0.1) is 0 Å². The van der Waals surface area contributed by atoms with Crippen LogP contribution in [0.25, 0.3) is 11.1 Å². The molecule has 7 N–H and O–H groups in total. The van der Waals surface area contributed by atoms with Gasteiger partial charge < -0.3 is 32.3 Å². The van der Waals surface area contributed by atoms with Gasteiger partial charge in [0.25, 0.3) is 0 Å². The van der Waals surface area contributed by atoms with Gasteiger partial charge in [-0.2, -0.15) is 0 Å². The molecule has 0 aliphatic heterocycles. The molecule has 0 atom stereocenters. The molecule has 0 heterocycles. The molecule has 0 bridgehead atoms. The Hall–Kier alpha value is -1.96. The summed E-state index contributed by atoms with van der Waals surface area (Å²) in [4.78, 5) is 0. The first kappa shape index (κ1) is 27.3. The minimum atomic E-state index is 0.761. The van der Waals surface area contributed by atoms with Crippen molar-refractivity contribution >= 4 is 5.69 Å². The van der Waals surface area contributed by atoms with Gasteiger partial charge in [0.2, 0.25) is 0 Å². The second-order valence-electron chi connectivity index (χ2n) is 8.66. The van der Waals surface area contributed by atoms with E-state index in [1.54, 1.807) is 0 Å². The van der Waals surface area contributed by atoms with Gasteiger partial charge in [-0.1, -0.05) is 37.3 Å². The van der Waals surface area contributed by atoms with E-state index in [2.05, 4.69) is 82.9 Å². The van der Waals surface area contributed by atoms with Gasteiger partial charge in [-0.25, -0.2) is 0 Å². The summed E-state index contributed by atoms with van der Waals surface area (Å²) in [6.45, 7) is 13.1. The van der Waals surface area contributed by atoms with E-state index in [9.17, 15) is 0 Å². The summed E-state index contributed by atoms with van der Waals surface area (Å²) in [7, 11) is 0. The van der Waals surface area contributed by atoms with Crippen LogP contribution in [-0.2, 0) is 6.54 Å². The number of rotatable bonds is 19. The molecule has 0 aliphatic rings. The molecule has 0 unspecified atom stereocenters. The van der Waals surface area contributed by atoms with Crippen molar-refractivity contribution in [2.24, 2.45) is 5.73 Å². The Balaban J connectivity index is 1.72. The van der Waals surface area contributed by atoms with Gasteiger partial charge in [-0.15, -0.1) is 0 Å². The van der Waals surface area contributed by atoms with Gasteiger partial charge in [0.15, 0.2) is 0 Å². The maximum atomic E-state index is 5.50. The normalized spacial score (nSPS) is 11.1. The summed E-state index contributed by atoms with van der Waals surface area (Å²) in [5.41, 5.74) is 11.8. The number of hydrogen-bond acceptors (Lipinski definition) is 6. The Bertz CT molecular complexity index is 747. The molecule has 2 rings (SSSR count). The third-order valence-electron chi connectivity index (χ3n) is 5.49. The van der Waals surface area contributed by atoms with Gasteiger partial charge in [0.1, 0.15) is 0 Å². The van der Waals surface area contributed by atoms with Crippen LogP contribution in [0, 0.1) is 6.92 Å². The zero-order valence-corrected chi connectivity index (χ0v) is 20.8. The molecule has 0 aromatic heterocycles. The van der Waals surface area contributed by atoms with Crippen LogP contribution < -0.4 is 32.3 Å². The highest BCUT2D eigenvalue weighted by molar-refractivity contribution is 5.69. The summed E-state index contributed by atoms with van der Waals surface area (Å²) in [5.74, 6) is 0. The lowest BCUT2D eigenvalue weighted by molar-refractivity contribution is 0.571. The second kappa shape index (κ2) is 17.5. The second-order valence-corrected chi connectivity index (χ2v) is 8.66. The largest absolute Gasteiger partial charge is 0.385 e. The van der Waals surface area contributed by atoms with Crippen LogP contribution in [0.4, 0.5) is 5.69 Å². The lowest BCUT2D eigenvalue weighted by atomic mass is 10.0. The van der Waals surface area contributed by atoms with E-state index in [-0.39, 0.29) is 0 Å². The molecule has 0 saturated heterocycles. The third-order valence-corrected chi connectivity index (χ3v) is 5.49. The molecule has 2 aromatic carbocycles. The summed E-state index contributed by atoms with van der Waals surface area (Å²) >= 11 is 0. The molecule has 0 radical (unpaired) electrons. The van der Waals surface area contributed by atoms with Crippen LogP contribution >= 0.6 is 0 Å². The first-order chi connectivity index (χ1) is 16.2. The van der Waals surface area contributed by atoms with Gasteiger partial charge in [-0.3, -0.25) is 0 Å². The minimum absolute atomic E-state index is 0.761. The predicted octanol–water partition coefficient (Wildman–Crippen LogP) is 3.43. The van der Waals surface area contributed by atoms with E-state index in [0.717, 1.165) is 78.3 Å². The fraction of sp³-hybridized carbons (Fsp3) is 0.556. The Morgan fingerprint density at radius 1 is 0.697 bits per heavy atom. The average molecular weight is 455 g/mol. The van der Waals surface area contributed by atoms with Gasteiger partial charge >= 0.3 is 0 Å². The molecule has 0 saturated carbocycles. The molecule has 6 heteroatoms. The topological polar surface area (TPSA) is 86.2 Å². The molecule has 184 valence electrons. The van der Waals surface area contributed by atoms with Gasteiger partial charge in [0, 0.05) is 25.4 Å². The molecule has 33 heavy (non-hydrogen) atoms. The monoisotopic (exact) mass is 454 g/mol. The molecule has 2 aromatic rings. The van der Waals surface area contributed by atoms with Crippen molar-refractivity contribution < 1.29 is 0 Å². The summed E-state index contributed by atoms with van der Waals surface area (Å²) < 4.78 is 0. The van der Waals surface area contributed by atoms with Crippen molar-refractivity contribution in [2.75, 3.05) is 57.8 Å². The highest BCUT2D eigenvalue weighted by Gasteiger charge is 2.03. The average Bonchev–Trinajstić information content (AvgIpc) is 2.82. The molecular formula is C27H46N6. The first-order valence-electron chi connectivity index (χ1n) is 12.7. The SMILES string of the molecule is CCCNCNCCCNc1cc(C)cc(-c2ccc(CNCCCNCCCN)cc2)c1. The van der Waals surface area contributed by atoms with Crippen molar-refractivity contribution in [1.82, 2.24) is 21.3 Å². The Kier molecular flexibility index (Phi) is 14.5. The number of benzene rings is 2. The Morgan fingerprint density at radius 3 is 2.18 bits per heavy atom. The molecule has 0 spiro atoms. The van der Waals surface area contributed by atoms with Crippen LogP contribution in [0.5, 0.6) is 0 Å². The van der Waals surface area contributed by atoms with Crippen LogP contribution in [0.3, 0.4) is 0 Å². The smallest absolute Gasteiger partial charge is 0.0454 e. The van der Waals surface area contributed by atoms with Crippen molar-refractivity contribution in [3.63, 3.8) is 0 Å². The highest BCUT2D eigenvalue weighted by Crippen LogP contribution is 2.25. The maximum Gasteiger partial charge on any atom is 0.0454 e. The fourth-order valence-corrected chi connectivity index (χ4v) is 3.68. The van der Waals surface area contributed by atoms with Crippen LogP contribution in [0.2, 0.25) is 0 Å². The van der Waals surface area contributed by atoms with E-state index in [1.807, 2.05) is 0 Å². The molecule has 0 aliphatic carbocycles. The summed E-state index contributed by atoms with van der Waals surface area (Å²) in [5, 5.41) is 17.3. The Labute approximate surface area is 201 Å². The van der Waals surface area contributed by atoms with Crippen molar-refractivity contribution in [3.8, 4) is 11.1 Å². The summed E-state index contributed by atoms with van der Waals surface area (Å²) in [6, 6.07) is 15.7. The molecule has 0 fully saturated rings. The number of hydrogen-bond donors (Lipinski definition) is 6. The van der Waals surface area contributed by atoms with E-state index < -0.39 is 0 Å². The van der Waals surface area contributed by atoms with E-state index in [0.29, 0.717) is 0 Å². The lowest BCUT2D eigenvalue weighted by Crippen LogP contribution is -2.30. The molecule has 6 nitrogen and oxygen atoms in total. The van der Waals surface area contributed by atoms with Crippen molar-refractivity contribution in [1.29, 1.82) is 0 Å². The van der Waals surface area contributed by atoms with E-state index in [4.69, 9.17) is 5.73 Å². The minimum Gasteiger partial charge on any atom is -0.385 e. The number of anilines is 1. The first-order valence-corrected chi connectivity index (χ1v) is 12.7. The third kappa shape index (κ3) is 12.2. The number of aryl methyl sites for hydroxylation is 1. The fourth-order valence-electron chi connectivity index (χ4n) is 3.68. The van der Waals surface area contributed by atoms with Crippen LogP contribution in [0.15, 0.2) is 42.5 Å². The van der Waals surface area contributed by atoms with E-state index in [1.165, 1.54) is 34.4 Å². The zero-order valence-electron chi connectivity index (χ0n) is 20.8.